The summed E-state index contributed by atoms with van der Waals surface area (Å²) in [7, 11) is 0. The zero-order chi connectivity index (χ0) is 53.5. The Labute approximate surface area is 461 Å². The molecule has 4 aliphatic rings. The monoisotopic (exact) mass is 1080 g/mol. The molecule has 5 aromatic carbocycles. The molecule has 2 fully saturated rings. The number of esters is 2. The van der Waals surface area contributed by atoms with E-state index in [1.807, 2.05) is 109 Å². The van der Waals surface area contributed by atoms with Gasteiger partial charge in [0.15, 0.2) is 11.6 Å². The zero-order valence-electron chi connectivity index (χ0n) is 44.6. The van der Waals surface area contributed by atoms with E-state index in [4.69, 9.17) is 14.2 Å². The lowest BCUT2D eigenvalue weighted by Crippen LogP contribution is -2.46. The van der Waals surface area contributed by atoms with Gasteiger partial charge in [0.05, 0.1) is 47.3 Å². The highest BCUT2D eigenvalue weighted by molar-refractivity contribution is 5.95. The minimum absolute atomic E-state index is 0. The number of nitrogens with zero attached hydrogens (tertiary/aromatic N) is 6. The van der Waals surface area contributed by atoms with Crippen LogP contribution in [-0.2, 0) is 20.7 Å². The molecule has 0 bridgehead atoms. The van der Waals surface area contributed by atoms with Gasteiger partial charge in [0, 0.05) is 73.1 Å². The van der Waals surface area contributed by atoms with Crippen LogP contribution in [0.3, 0.4) is 0 Å². The van der Waals surface area contributed by atoms with Gasteiger partial charge in [0.2, 0.25) is 0 Å². The summed E-state index contributed by atoms with van der Waals surface area (Å²) in [6, 6.07) is 44.6. The molecule has 408 valence electrons. The summed E-state index contributed by atoms with van der Waals surface area (Å²) < 4.78 is 16.4. The quantitative estimate of drug-likeness (QED) is 0.121. The Bertz CT molecular complexity index is 3020. The fraction of sp³-hybridized carbons (Fsp3) is 0.300. The molecular weight excluding hydrogens is 1010 g/mol. The van der Waals surface area contributed by atoms with Gasteiger partial charge in [-0.15, -0.1) is 12.4 Å². The number of urea groups is 1. The van der Waals surface area contributed by atoms with E-state index in [2.05, 4.69) is 75.4 Å². The van der Waals surface area contributed by atoms with Crippen LogP contribution < -0.4 is 20.7 Å². The Balaban J connectivity index is 0.000000181. The maximum atomic E-state index is 12.7. The third kappa shape index (κ3) is 14.7. The fourth-order valence-corrected chi connectivity index (χ4v) is 9.88. The molecule has 0 radical (unpaired) electrons. The number of fused-ring (bicyclic) bond motifs is 4. The average molecular weight is 1080 g/mol. The van der Waals surface area contributed by atoms with Crippen molar-refractivity contribution in [1.82, 2.24) is 35.1 Å². The molecule has 5 N–H and O–H groups in total. The lowest BCUT2D eigenvalue weighted by Gasteiger charge is -2.38. The first-order chi connectivity index (χ1) is 36.9. The SMILES string of the molecule is CCN(C(C)C)C(C)C.Cl.O.O=C(Nc1cnc(-c2ccccc2)cn1)Oc1ccccc1.O=C1OC2(CCN(C(=O)Nc3cnc(-c4ccccc4)cn3)CC2)c2ccccc21.O=C1OC2(CCNCC2)c2ccccc21. The van der Waals surface area contributed by atoms with Crippen molar-refractivity contribution in [3.05, 3.63) is 187 Å². The molecule has 0 saturated carbocycles. The smallest absolute Gasteiger partial charge is 0.418 e. The van der Waals surface area contributed by atoms with Gasteiger partial charge in [-0.25, -0.2) is 29.1 Å². The Hall–Kier alpha value is -8.09. The third-order valence-corrected chi connectivity index (χ3v) is 13.7. The number of carbonyl (C=O) groups is 4. The van der Waals surface area contributed by atoms with Crippen molar-refractivity contribution in [3.8, 4) is 28.3 Å². The molecule has 2 spiro atoms. The second-order valence-electron chi connectivity index (χ2n) is 19.2. The predicted molar refractivity (Wildman–Crippen MR) is 304 cm³/mol. The molecule has 18 heteroatoms. The molecule has 2 saturated heterocycles. The number of carbonyl (C=O) groups excluding carboxylic acids is 4. The van der Waals surface area contributed by atoms with E-state index in [-0.39, 0.29) is 41.5 Å². The van der Waals surface area contributed by atoms with E-state index < -0.39 is 11.7 Å². The lowest BCUT2D eigenvalue weighted by atomic mass is 9.84. The van der Waals surface area contributed by atoms with Crippen LogP contribution >= 0.6 is 12.4 Å². The first kappa shape index (κ1) is 59.2. The van der Waals surface area contributed by atoms with Crippen LogP contribution in [-0.4, -0.2) is 104 Å². The summed E-state index contributed by atoms with van der Waals surface area (Å²) in [4.78, 5) is 69.6. The fourth-order valence-electron chi connectivity index (χ4n) is 9.88. The largest absolute Gasteiger partial charge is 0.450 e. The average Bonchev–Trinajstić information content (AvgIpc) is 3.94. The molecule has 0 atom stereocenters. The number of aromatic nitrogens is 4. The molecule has 78 heavy (non-hydrogen) atoms. The summed E-state index contributed by atoms with van der Waals surface area (Å²) in [5.41, 5.74) is 5.85. The Morgan fingerprint density at radius 2 is 1.03 bits per heavy atom. The molecule has 7 aromatic rings. The van der Waals surface area contributed by atoms with E-state index >= 15 is 0 Å². The van der Waals surface area contributed by atoms with Gasteiger partial charge < -0.3 is 29.9 Å². The van der Waals surface area contributed by atoms with Crippen LogP contribution in [0.4, 0.5) is 21.2 Å². The maximum Gasteiger partial charge on any atom is 0.418 e. The number of likely N-dealkylation sites (tertiary alicyclic amines) is 1. The summed E-state index contributed by atoms with van der Waals surface area (Å²) in [6.45, 7) is 15.1. The van der Waals surface area contributed by atoms with Crippen LogP contribution in [0.25, 0.3) is 22.5 Å². The number of rotatable bonds is 8. The van der Waals surface area contributed by atoms with Crippen molar-refractivity contribution >= 4 is 48.1 Å². The Morgan fingerprint density at radius 3 is 1.45 bits per heavy atom. The molecule has 6 heterocycles. The van der Waals surface area contributed by atoms with Crippen LogP contribution in [0.15, 0.2) is 164 Å². The van der Waals surface area contributed by atoms with Gasteiger partial charge in [0.1, 0.15) is 17.0 Å². The number of halogens is 1. The van der Waals surface area contributed by atoms with Crippen LogP contribution in [0, 0.1) is 0 Å². The first-order valence-electron chi connectivity index (χ1n) is 25.8. The topological polar surface area (TPSA) is 222 Å². The number of para-hydroxylation sites is 1. The summed E-state index contributed by atoms with van der Waals surface area (Å²) in [6.07, 6.45) is 8.61. The maximum absolute atomic E-state index is 12.7. The standard InChI is InChI=1S/C23H20N4O3.C17H13N3O2.C12H13NO2.C8H19N.ClH.H2O/c28-21-17-8-4-5-9-18(17)23(30-21)10-12-27(13-11-23)22(29)26-20-15-24-19(14-25-20)16-6-2-1-3-7-16;21-17(22-14-9-5-2-6-10-14)20-16-12-18-15(11-19-16)13-7-3-1-4-8-13;14-11-9-3-1-2-4-10(9)12(15-11)5-7-13-8-6-12;1-6-9(7(2)3)8(4)5;;/h1-9,14-15H,10-13H2,(H,25,26,29);1-12H,(H,19,20,21);1-4,13H,5-8H2;7-8H,6H2,1-5H3;1H;1H2. The highest BCUT2D eigenvalue weighted by Gasteiger charge is 2.48. The second-order valence-corrected chi connectivity index (χ2v) is 19.2. The summed E-state index contributed by atoms with van der Waals surface area (Å²) in [5.74, 6) is 0.761. The Kier molecular flexibility index (Phi) is 21.1. The molecule has 2 aromatic heterocycles. The number of hydrogen-bond donors (Lipinski definition) is 3. The second kappa shape index (κ2) is 27.8. The van der Waals surface area contributed by atoms with Crippen LogP contribution in [0.1, 0.15) is 92.1 Å². The van der Waals surface area contributed by atoms with Gasteiger partial charge >= 0.3 is 24.1 Å². The molecule has 3 amide bonds. The van der Waals surface area contributed by atoms with Crippen molar-refractivity contribution in [3.63, 3.8) is 0 Å². The number of nitrogens with one attached hydrogen (secondary N) is 3. The Morgan fingerprint density at radius 1 is 0.603 bits per heavy atom. The summed E-state index contributed by atoms with van der Waals surface area (Å²) >= 11 is 0. The van der Waals surface area contributed by atoms with Crippen LogP contribution in [0.2, 0.25) is 0 Å². The van der Waals surface area contributed by atoms with Crippen molar-refractivity contribution < 1.29 is 38.9 Å². The van der Waals surface area contributed by atoms with Gasteiger partial charge in [-0.1, -0.05) is 122 Å². The number of anilines is 2. The third-order valence-electron chi connectivity index (χ3n) is 13.7. The predicted octanol–water partition coefficient (Wildman–Crippen LogP) is 10.7. The lowest BCUT2D eigenvalue weighted by molar-refractivity contribution is -0.0364. The van der Waals surface area contributed by atoms with Gasteiger partial charge in [-0.05, 0) is 71.6 Å². The van der Waals surface area contributed by atoms with Gasteiger partial charge in [0.25, 0.3) is 0 Å². The van der Waals surface area contributed by atoms with Crippen molar-refractivity contribution in [2.45, 2.75) is 83.6 Å². The minimum Gasteiger partial charge on any atom is -0.450 e. The van der Waals surface area contributed by atoms with Crippen LogP contribution in [0.5, 0.6) is 5.75 Å². The van der Waals surface area contributed by atoms with E-state index in [9.17, 15) is 19.2 Å². The molecule has 17 nitrogen and oxygen atoms in total. The van der Waals surface area contributed by atoms with Crippen molar-refractivity contribution in [1.29, 1.82) is 0 Å². The van der Waals surface area contributed by atoms with E-state index in [0.29, 0.717) is 61.0 Å². The summed E-state index contributed by atoms with van der Waals surface area (Å²) in [5, 5.41) is 8.63. The molecule has 11 rings (SSSR count). The van der Waals surface area contributed by atoms with Gasteiger partial charge in [-0.3, -0.25) is 25.5 Å². The first-order valence-corrected chi connectivity index (χ1v) is 25.8. The van der Waals surface area contributed by atoms with E-state index in [1.54, 1.807) is 53.8 Å². The molecule has 4 aliphatic heterocycles. The molecular formula is C60H68ClN9O8. The van der Waals surface area contributed by atoms with Crippen molar-refractivity contribution in [2.24, 2.45) is 0 Å². The van der Waals surface area contributed by atoms with Gasteiger partial charge in [-0.2, -0.15) is 0 Å². The number of ether oxygens (including phenoxy) is 3. The number of benzene rings is 5. The zero-order valence-corrected chi connectivity index (χ0v) is 45.4. The highest BCUT2D eigenvalue weighted by Crippen LogP contribution is 2.44. The molecule has 0 unspecified atom stereocenters. The van der Waals surface area contributed by atoms with E-state index in [0.717, 1.165) is 71.7 Å². The highest BCUT2D eigenvalue weighted by atomic mass is 35.5. The van der Waals surface area contributed by atoms with Crippen molar-refractivity contribution in [2.75, 3.05) is 43.4 Å². The number of hydrogen-bond acceptors (Lipinski definition) is 13. The van der Waals surface area contributed by atoms with E-state index in [1.165, 1.54) is 6.20 Å². The number of piperidine rings is 2. The normalized spacial score (nSPS) is 15.0. The number of amides is 3. The minimum atomic E-state index is -0.623. The molecule has 0 aliphatic carbocycles.